The number of nitrogens with zero attached hydrogens (tertiary/aromatic N) is 3. The minimum atomic E-state index is -4.38. The van der Waals surface area contributed by atoms with Crippen molar-refractivity contribution >= 4 is 29.8 Å². The van der Waals surface area contributed by atoms with Crippen LogP contribution in [0.15, 0.2) is 36.4 Å². The summed E-state index contributed by atoms with van der Waals surface area (Å²) in [4.78, 5) is 14.1. The highest BCUT2D eigenvalue weighted by Gasteiger charge is 2.34. The average Bonchev–Trinajstić information content (AvgIpc) is 2.77. The normalized spacial score (nSPS) is 14.6. The van der Waals surface area contributed by atoms with Crippen molar-refractivity contribution in [2.24, 2.45) is 0 Å². The molecule has 0 bridgehead atoms. The fourth-order valence-electron chi connectivity index (χ4n) is 3.61. The highest BCUT2D eigenvalue weighted by atomic mass is 35.5. The van der Waals surface area contributed by atoms with Gasteiger partial charge in [0.2, 0.25) is 0 Å². The molecule has 1 aromatic carbocycles. The lowest BCUT2D eigenvalue weighted by atomic mass is 10.0. The van der Waals surface area contributed by atoms with Gasteiger partial charge in [0, 0.05) is 31.4 Å². The van der Waals surface area contributed by atoms with Crippen molar-refractivity contribution in [2.75, 3.05) is 29.9 Å². The Morgan fingerprint density at radius 1 is 1.09 bits per heavy atom. The van der Waals surface area contributed by atoms with Crippen LogP contribution in [0, 0.1) is 0 Å². The molecule has 1 aromatic heterocycles. The Hall–Kier alpha value is -2.55. The smallest absolute Gasteiger partial charge is 0.382 e. The van der Waals surface area contributed by atoms with Crippen LogP contribution in [-0.4, -0.2) is 41.8 Å². The minimum absolute atomic E-state index is 0. The molecule has 6 nitrogen and oxygen atoms in total. The molecular weight excluding hydrogens is 443 g/mol. The molecule has 3 rings (SSSR count). The summed E-state index contributed by atoms with van der Waals surface area (Å²) < 4.78 is 39.6. The molecule has 0 radical (unpaired) electrons. The Labute approximate surface area is 192 Å². The maximum atomic E-state index is 13.2. The summed E-state index contributed by atoms with van der Waals surface area (Å²) in [6.45, 7) is 4.01. The number of rotatable bonds is 8. The van der Waals surface area contributed by atoms with Gasteiger partial charge in [-0.2, -0.15) is 13.2 Å². The van der Waals surface area contributed by atoms with E-state index in [1.807, 2.05) is 4.90 Å². The zero-order valence-electron chi connectivity index (χ0n) is 18.0. The molecule has 0 saturated carbocycles. The Bertz CT molecular complexity index is 855. The van der Waals surface area contributed by atoms with Crippen molar-refractivity contribution in [1.82, 2.24) is 15.5 Å². The largest absolute Gasteiger partial charge is 0.418 e. The van der Waals surface area contributed by atoms with Crippen molar-refractivity contribution in [3.8, 4) is 0 Å². The van der Waals surface area contributed by atoms with Gasteiger partial charge < -0.3 is 15.5 Å². The fourth-order valence-corrected chi connectivity index (χ4v) is 3.61. The van der Waals surface area contributed by atoms with Crippen LogP contribution >= 0.6 is 12.4 Å². The lowest BCUT2D eigenvalue weighted by Gasteiger charge is -2.33. The number of nitrogens with one attached hydrogen (secondary N) is 2. The number of para-hydroxylation sites is 1. The summed E-state index contributed by atoms with van der Waals surface area (Å²) in [6.07, 6.45) is 0.0537. The molecule has 1 aliphatic rings. The van der Waals surface area contributed by atoms with E-state index < -0.39 is 11.7 Å². The first-order valence-electron chi connectivity index (χ1n) is 10.7. The van der Waals surface area contributed by atoms with E-state index in [1.54, 1.807) is 18.2 Å². The minimum Gasteiger partial charge on any atom is -0.382 e. The summed E-state index contributed by atoms with van der Waals surface area (Å²) in [6, 6.07) is 8.92. The predicted molar refractivity (Wildman–Crippen MR) is 121 cm³/mol. The SMILES string of the molecule is CCCCCNC(=O)c1ccc(N2CCC(Nc3ccccc3C(F)(F)F)CC2)nn1.Cl. The Morgan fingerprint density at radius 2 is 1.81 bits per heavy atom. The van der Waals surface area contributed by atoms with Crippen molar-refractivity contribution in [3.63, 3.8) is 0 Å². The van der Waals surface area contributed by atoms with Crippen molar-refractivity contribution in [2.45, 2.75) is 51.2 Å². The standard InChI is InChI=1S/C22H28F3N5O.ClH/c1-2-3-6-13-26-21(31)19-9-10-20(29-28-19)30-14-11-16(12-15-30)27-18-8-5-4-7-17(18)22(23,24)25;/h4-5,7-10,16,27H,2-3,6,11-15H2,1H3,(H,26,31);1H. The molecule has 2 N–H and O–H groups in total. The van der Waals surface area contributed by atoms with Gasteiger partial charge in [-0.25, -0.2) is 0 Å². The maximum absolute atomic E-state index is 13.2. The van der Waals surface area contributed by atoms with Crippen LogP contribution in [-0.2, 0) is 6.18 Å². The van der Waals surface area contributed by atoms with Gasteiger partial charge in [0.15, 0.2) is 11.5 Å². The zero-order valence-corrected chi connectivity index (χ0v) is 18.8. The Balaban J connectivity index is 0.00000363. The van der Waals surface area contributed by atoms with Gasteiger partial charge in [-0.1, -0.05) is 31.9 Å². The number of benzene rings is 1. The summed E-state index contributed by atoms with van der Waals surface area (Å²) in [5.41, 5.74) is -0.255. The summed E-state index contributed by atoms with van der Waals surface area (Å²) in [7, 11) is 0. The van der Waals surface area contributed by atoms with Gasteiger partial charge in [-0.15, -0.1) is 22.6 Å². The number of carbonyl (C=O) groups excluding carboxylic acids is 1. The number of halogens is 4. The zero-order chi connectivity index (χ0) is 22.3. The molecule has 0 spiro atoms. The number of hydrogen-bond acceptors (Lipinski definition) is 5. The number of piperidine rings is 1. The van der Waals surface area contributed by atoms with Gasteiger partial charge in [0.1, 0.15) is 0 Å². The third-order valence-electron chi connectivity index (χ3n) is 5.36. The first-order valence-corrected chi connectivity index (χ1v) is 10.7. The summed E-state index contributed by atoms with van der Waals surface area (Å²) >= 11 is 0. The van der Waals surface area contributed by atoms with E-state index in [9.17, 15) is 18.0 Å². The Morgan fingerprint density at radius 3 is 2.44 bits per heavy atom. The third-order valence-corrected chi connectivity index (χ3v) is 5.36. The molecule has 1 aliphatic heterocycles. The van der Waals surface area contributed by atoms with Gasteiger partial charge in [0.05, 0.1) is 5.56 Å². The van der Waals surface area contributed by atoms with Crippen LogP contribution in [0.4, 0.5) is 24.7 Å². The predicted octanol–water partition coefficient (Wildman–Crippen LogP) is 4.92. The highest BCUT2D eigenvalue weighted by Crippen LogP contribution is 2.35. The molecule has 2 aromatic rings. The lowest BCUT2D eigenvalue weighted by molar-refractivity contribution is -0.137. The number of carbonyl (C=O) groups is 1. The van der Waals surface area contributed by atoms with Crippen LogP contribution in [0.1, 0.15) is 55.1 Å². The number of aromatic nitrogens is 2. The van der Waals surface area contributed by atoms with E-state index >= 15 is 0 Å². The van der Waals surface area contributed by atoms with E-state index in [4.69, 9.17) is 0 Å². The van der Waals surface area contributed by atoms with Gasteiger partial charge >= 0.3 is 6.18 Å². The van der Waals surface area contributed by atoms with Crippen LogP contribution in [0.25, 0.3) is 0 Å². The molecule has 1 amide bonds. The van der Waals surface area contributed by atoms with Crippen molar-refractivity contribution in [3.05, 3.63) is 47.7 Å². The number of unbranched alkanes of at least 4 members (excludes halogenated alkanes) is 2. The Kier molecular flexibility index (Phi) is 9.56. The van der Waals surface area contributed by atoms with Crippen LogP contribution in [0.5, 0.6) is 0 Å². The summed E-state index contributed by atoms with van der Waals surface area (Å²) in [5.74, 6) is 0.429. The second-order valence-corrected chi connectivity index (χ2v) is 7.69. The van der Waals surface area contributed by atoms with Crippen molar-refractivity contribution in [1.29, 1.82) is 0 Å². The quantitative estimate of drug-likeness (QED) is 0.535. The van der Waals surface area contributed by atoms with E-state index in [2.05, 4.69) is 27.8 Å². The number of amides is 1. The number of anilines is 2. The molecule has 1 fully saturated rings. The van der Waals surface area contributed by atoms with Gasteiger partial charge in [-0.3, -0.25) is 4.79 Å². The van der Waals surface area contributed by atoms with E-state index in [0.717, 1.165) is 25.3 Å². The van der Waals surface area contributed by atoms with Crippen LogP contribution in [0.3, 0.4) is 0 Å². The van der Waals surface area contributed by atoms with Gasteiger partial charge in [-0.05, 0) is 43.5 Å². The van der Waals surface area contributed by atoms with Crippen LogP contribution in [0.2, 0.25) is 0 Å². The molecule has 10 heteroatoms. The highest BCUT2D eigenvalue weighted by molar-refractivity contribution is 5.92. The van der Waals surface area contributed by atoms with E-state index in [0.29, 0.717) is 38.3 Å². The molecule has 0 unspecified atom stereocenters. The van der Waals surface area contributed by atoms with E-state index in [-0.39, 0.29) is 35.7 Å². The lowest BCUT2D eigenvalue weighted by Crippen LogP contribution is -2.40. The second-order valence-electron chi connectivity index (χ2n) is 7.69. The molecule has 0 atom stereocenters. The monoisotopic (exact) mass is 471 g/mol. The number of alkyl halides is 3. The molecular formula is C22H29ClF3N5O. The average molecular weight is 472 g/mol. The van der Waals surface area contributed by atoms with Crippen molar-refractivity contribution < 1.29 is 18.0 Å². The first kappa shape index (κ1) is 25.7. The second kappa shape index (κ2) is 11.9. The third kappa shape index (κ3) is 6.98. The van der Waals surface area contributed by atoms with Crippen LogP contribution < -0.4 is 15.5 Å². The number of hydrogen-bond donors (Lipinski definition) is 2. The van der Waals surface area contributed by atoms with E-state index in [1.165, 1.54) is 12.1 Å². The topological polar surface area (TPSA) is 70.2 Å². The maximum Gasteiger partial charge on any atom is 0.418 e. The molecule has 0 aliphatic carbocycles. The summed E-state index contributed by atoms with van der Waals surface area (Å²) in [5, 5.41) is 14.1. The first-order chi connectivity index (χ1) is 14.9. The fraction of sp³-hybridized carbons (Fsp3) is 0.500. The molecule has 1 saturated heterocycles. The molecule has 2 heterocycles. The molecule has 32 heavy (non-hydrogen) atoms. The van der Waals surface area contributed by atoms with Gasteiger partial charge in [0.25, 0.3) is 5.91 Å². The molecule has 176 valence electrons.